The van der Waals surface area contributed by atoms with Crippen LogP contribution in [-0.4, -0.2) is 13.4 Å². The van der Waals surface area contributed by atoms with Crippen molar-refractivity contribution < 1.29 is 8.42 Å². The molecule has 0 unspecified atom stereocenters. The van der Waals surface area contributed by atoms with Gasteiger partial charge in [0.05, 0.1) is 16.9 Å². The van der Waals surface area contributed by atoms with Gasteiger partial charge in [0.2, 0.25) is 0 Å². The molecular weight excluding hydrogens is 298 g/mol. The standard InChI is InChI=1S/C16H15N3O2S/c1-11-7-8-15(13(17)10-11)22(20,21)19-14-6-2-4-12-5-3-9-18-16(12)14/h2-10,19H,17H2,1H3. The molecule has 0 aliphatic heterocycles. The van der Waals surface area contributed by atoms with E-state index in [4.69, 9.17) is 5.73 Å². The summed E-state index contributed by atoms with van der Waals surface area (Å²) >= 11 is 0. The van der Waals surface area contributed by atoms with Crippen LogP contribution < -0.4 is 10.5 Å². The highest BCUT2D eigenvalue weighted by atomic mass is 32.2. The molecule has 0 saturated heterocycles. The fraction of sp³-hybridized carbons (Fsp3) is 0.0625. The first-order chi connectivity index (χ1) is 10.5. The molecule has 0 fully saturated rings. The van der Waals surface area contributed by atoms with Crippen LogP contribution in [-0.2, 0) is 10.0 Å². The second-order valence-corrected chi connectivity index (χ2v) is 6.68. The Kier molecular flexibility index (Phi) is 3.46. The van der Waals surface area contributed by atoms with Crippen LogP contribution in [0.5, 0.6) is 0 Å². The number of para-hydroxylation sites is 1. The van der Waals surface area contributed by atoms with E-state index in [1.54, 1.807) is 36.5 Å². The fourth-order valence-electron chi connectivity index (χ4n) is 2.30. The van der Waals surface area contributed by atoms with Crippen LogP contribution >= 0.6 is 0 Å². The fourth-order valence-corrected chi connectivity index (χ4v) is 3.48. The van der Waals surface area contributed by atoms with E-state index in [0.717, 1.165) is 10.9 Å². The van der Waals surface area contributed by atoms with Gasteiger partial charge in [-0.15, -0.1) is 0 Å². The van der Waals surface area contributed by atoms with Crippen molar-refractivity contribution in [1.82, 2.24) is 4.98 Å². The lowest BCUT2D eigenvalue weighted by atomic mass is 10.2. The average Bonchev–Trinajstić information content (AvgIpc) is 2.47. The number of nitrogens with two attached hydrogens (primary N) is 1. The largest absolute Gasteiger partial charge is 0.398 e. The number of nitrogens with one attached hydrogen (secondary N) is 1. The minimum absolute atomic E-state index is 0.0611. The maximum absolute atomic E-state index is 12.6. The number of benzene rings is 2. The lowest BCUT2D eigenvalue weighted by Crippen LogP contribution is -2.15. The summed E-state index contributed by atoms with van der Waals surface area (Å²) in [5.74, 6) is 0. The number of aromatic nitrogens is 1. The van der Waals surface area contributed by atoms with Crippen molar-refractivity contribution in [2.24, 2.45) is 0 Å². The number of sulfonamides is 1. The van der Waals surface area contributed by atoms with E-state index in [9.17, 15) is 8.42 Å². The van der Waals surface area contributed by atoms with Crippen molar-refractivity contribution in [2.45, 2.75) is 11.8 Å². The Morgan fingerprint density at radius 1 is 1.09 bits per heavy atom. The van der Waals surface area contributed by atoms with Crippen LogP contribution in [0.1, 0.15) is 5.56 Å². The molecule has 6 heteroatoms. The Bertz CT molecular complexity index is 947. The highest BCUT2D eigenvalue weighted by molar-refractivity contribution is 7.93. The molecule has 0 radical (unpaired) electrons. The number of anilines is 2. The minimum Gasteiger partial charge on any atom is -0.398 e. The van der Waals surface area contributed by atoms with Gasteiger partial charge < -0.3 is 5.73 Å². The van der Waals surface area contributed by atoms with Crippen LogP contribution in [0.3, 0.4) is 0 Å². The van der Waals surface area contributed by atoms with Crippen molar-refractivity contribution >= 4 is 32.3 Å². The number of nitrogens with zero attached hydrogens (tertiary/aromatic N) is 1. The first-order valence-corrected chi connectivity index (χ1v) is 8.18. The molecule has 5 nitrogen and oxygen atoms in total. The van der Waals surface area contributed by atoms with E-state index in [1.807, 2.05) is 19.1 Å². The highest BCUT2D eigenvalue weighted by Crippen LogP contribution is 2.26. The lowest BCUT2D eigenvalue weighted by Gasteiger charge is -2.12. The topological polar surface area (TPSA) is 85.1 Å². The molecular formula is C16H15N3O2S. The summed E-state index contributed by atoms with van der Waals surface area (Å²) in [6, 6.07) is 13.9. The third kappa shape index (κ3) is 2.60. The third-order valence-corrected chi connectivity index (χ3v) is 4.77. The number of hydrogen-bond donors (Lipinski definition) is 2. The second-order valence-electron chi connectivity index (χ2n) is 5.03. The zero-order valence-corrected chi connectivity index (χ0v) is 12.8. The van der Waals surface area contributed by atoms with Gasteiger partial charge in [0.15, 0.2) is 0 Å². The third-order valence-electron chi connectivity index (χ3n) is 3.33. The Balaban J connectivity index is 2.07. The normalized spacial score (nSPS) is 11.5. The highest BCUT2D eigenvalue weighted by Gasteiger charge is 2.18. The van der Waals surface area contributed by atoms with E-state index < -0.39 is 10.0 Å². The van der Waals surface area contributed by atoms with Crippen molar-refractivity contribution in [1.29, 1.82) is 0 Å². The molecule has 0 bridgehead atoms. The average molecular weight is 313 g/mol. The molecule has 22 heavy (non-hydrogen) atoms. The van der Waals surface area contributed by atoms with Gasteiger partial charge in [-0.25, -0.2) is 8.42 Å². The zero-order chi connectivity index (χ0) is 15.7. The van der Waals surface area contributed by atoms with Crippen molar-refractivity contribution in [3.63, 3.8) is 0 Å². The molecule has 0 amide bonds. The smallest absolute Gasteiger partial charge is 0.264 e. The Morgan fingerprint density at radius 2 is 1.86 bits per heavy atom. The van der Waals surface area contributed by atoms with Gasteiger partial charge in [-0.3, -0.25) is 9.71 Å². The molecule has 3 N–H and O–H groups in total. The number of fused-ring (bicyclic) bond motifs is 1. The predicted octanol–water partition coefficient (Wildman–Crippen LogP) is 2.93. The maximum Gasteiger partial charge on any atom is 0.264 e. The van der Waals surface area contributed by atoms with E-state index in [1.165, 1.54) is 6.07 Å². The molecule has 0 saturated carbocycles. The first-order valence-electron chi connectivity index (χ1n) is 6.70. The van der Waals surface area contributed by atoms with Crippen LogP contribution in [0.4, 0.5) is 11.4 Å². The van der Waals surface area contributed by atoms with Crippen LogP contribution in [0.15, 0.2) is 59.6 Å². The summed E-state index contributed by atoms with van der Waals surface area (Å²) in [7, 11) is -3.77. The Labute approximate surface area is 128 Å². The van der Waals surface area contributed by atoms with E-state index in [0.29, 0.717) is 11.2 Å². The van der Waals surface area contributed by atoms with Gasteiger partial charge in [-0.1, -0.05) is 24.3 Å². The predicted molar refractivity (Wildman–Crippen MR) is 88.1 cm³/mol. The molecule has 2 aromatic carbocycles. The SMILES string of the molecule is Cc1ccc(S(=O)(=O)Nc2cccc3cccnc23)c(N)c1. The number of rotatable bonds is 3. The van der Waals surface area contributed by atoms with E-state index in [2.05, 4.69) is 9.71 Å². The lowest BCUT2D eigenvalue weighted by molar-refractivity contribution is 0.601. The van der Waals surface area contributed by atoms with Crippen molar-refractivity contribution in [3.8, 4) is 0 Å². The number of nitrogen functional groups attached to an aromatic ring is 1. The molecule has 112 valence electrons. The summed E-state index contributed by atoms with van der Waals surface area (Å²) in [5, 5.41) is 0.861. The summed E-state index contributed by atoms with van der Waals surface area (Å²) < 4.78 is 27.7. The number of hydrogen-bond acceptors (Lipinski definition) is 4. The molecule has 3 aromatic rings. The summed E-state index contributed by atoms with van der Waals surface area (Å²) in [6.45, 7) is 1.86. The quantitative estimate of drug-likeness (QED) is 0.728. The van der Waals surface area contributed by atoms with Crippen LogP contribution in [0, 0.1) is 6.92 Å². The molecule has 0 aliphatic carbocycles. The molecule has 1 heterocycles. The maximum atomic E-state index is 12.6. The summed E-state index contributed by atoms with van der Waals surface area (Å²) in [4.78, 5) is 4.30. The number of pyridine rings is 1. The zero-order valence-electron chi connectivity index (χ0n) is 11.9. The molecule has 3 rings (SSSR count). The minimum atomic E-state index is -3.77. The molecule has 0 atom stereocenters. The van der Waals surface area contributed by atoms with Gasteiger partial charge in [0.1, 0.15) is 4.90 Å². The van der Waals surface area contributed by atoms with E-state index in [-0.39, 0.29) is 10.6 Å². The second kappa shape index (κ2) is 5.31. The Hall–Kier alpha value is -2.60. The summed E-state index contributed by atoms with van der Waals surface area (Å²) in [5.41, 5.74) is 7.99. The van der Waals surface area contributed by atoms with E-state index >= 15 is 0 Å². The van der Waals surface area contributed by atoms with Crippen LogP contribution in [0.25, 0.3) is 10.9 Å². The van der Waals surface area contributed by atoms with Gasteiger partial charge in [-0.2, -0.15) is 0 Å². The summed E-state index contributed by atoms with van der Waals surface area (Å²) in [6.07, 6.45) is 1.63. The molecule has 0 spiro atoms. The van der Waals surface area contributed by atoms with Gasteiger partial charge in [-0.05, 0) is 36.8 Å². The van der Waals surface area contributed by atoms with Crippen molar-refractivity contribution in [3.05, 3.63) is 60.3 Å². The van der Waals surface area contributed by atoms with Gasteiger partial charge in [0.25, 0.3) is 10.0 Å². The Morgan fingerprint density at radius 3 is 2.64 bits per heavy atom. The number of aryl methyl sites for hydroxylation is 1. The van der Waals surface area contributed by atoms with Crippen LogP contribution in [0.2, 0.25) is 0 Å². The molecule has 1 aromatic heterocycles. The van der Waals surface area contributed by atoms with Gasteiger partial charge in [0, 0.05) is 11.6 Å². The van der Waals surface area contributed by atoms with Gasteiger partial charge >= 0.3 is 0 Å². The first kappa shape index (κ1) is 14.3. The van der Waals surface area contributed by atoms with Crippen molar-refractivity contribution in [2.75, 3.05) is 10.5 Å². The molecule has 0 aliphatic rings. The monoisotopic (exact) mass is 313 g/mol.